The Morgan fingerprint density at radius 1 is 0.846 bits per heavy atom. The van der Waals surface area contributed by atoms with E-state index in [9.17, 15) is 17.6 Å². The molecule has 2 bridgehead atoms. The highest BCUT2D eigenvalue weighted by Gasteiger charge is 2.83. The standard InChI is InChI=1S/C9H8F4/c10-8(11)6-4-1-2-5(3-4)7(6)9(8,12)13/h1-2,4-7H,3H2/t4-,5+,6-,7+. The monoisotopic (exact) mass is 192 g/mol. The molecule has 3 rings (SSSR count). The van der Waals surface area contributed by atoms with Gasteiger partial charge >= 0.3 is 11.8 Å². The van der Waals surface area contributed by atoms with Crippen molar-refractivity contribution < 1.29 is 17.6 Å². The highest BCUT2D eigenvalue weighted by Crippen LogP contribution is 2.71. The zero-order valence-corrected chi connectivity index (χ0v) is 6.68. The lowest BCUT2D eigenvalue weighted by atomic mass is 9.61. The zero-order chi connectivity index (χ0) is 9.43. The van der Waals surface area contributed by atoms with E-state index < -0.39 is 23.7 Å². The van der Waals surface area contributed by atoms with Crippen molar-refractivity contribution in [2.75, 3.05) is 0 Å². The van der Waals surface area contributed by atoms with E-state index in [2.05, 4.69) is 0 Å². The van der Waals surface area contributed by atoms with Gasteiger partial charge < -0.3 is 0 Å². The fourth-order valence-corrected chi connectivity index (χ4v) is 3.16. The van der Waals surface area contributed by atoms with Gasteiger partial charge in [-0.25, -0.2) is 0 Å². The molecule has 0 saturated heterocycles. The summed E-state index contributed by atoms with van der Waals surface area (Å²) >= 11 is 0. The molecule has 0 radical (unpaired) electrons. The van der Waals surface area contributed by atoms with Crippen LogP contribution in [0, 0.1) is 23.7 Å². The minimum atomic E-state index is -3.76. The first-order valence-electron chi connectivity index (χ1n) is 4.40. The summed E-state index contributed by atoms with van der Waals surface area (Å²) in [6.45, 7) is 0. The van der Waals surface area contributed by atoms with Crippen LogP contribution in [-0.4, -0.2) is 11.8 Å². The molecule has 3 aliphatic carbocycles. The van der Waals surface area contributed by atoms with E-state index in [0.717, 1.165) is 0 Å². The molecular formula is C9H8F4. The Balaban J connectivity index is 2.04. The molecule has 0 heterocycles. The van der Waals surface area contributed by atoms with Crippen LogP contribution in [0.3, 0.4) is 0 Å². The van der Waals surface area contributed by atoms with Gasteiger partial charge in [-0.1, -0.05) is 12.2 Å². The predicted octanol–water partition coefficient (Wildman–Crippen LogP) is 2.71. The first kappa shape index (κ1) is 7.83. The second-order valence-electron chi connectivity index (χ2n) is 4.25. The Hall–Kier alpha value is -0.540. The first-order chi connectivity index (χ1) is 5.96. The van der Waals surface area contributed by atoms with Gasteiger partial charge in [0.05, 0.1) is 0 Å². The summed E-state index contributed by atoms with van der Waals surface area (Å²) in [5.74, 6) is -10.3. The molecule has 4 atom stereocenters. The largest absolute Gasteiger partial charge is 0.314 e. The maximum absolute atomic E-state index is 12.9. The summed E-state index contributed by atoms with van der Waals surface area (Å²) in [7, 11) is 0. The lowest BCUT2D eigenvalue weighted by Crippen LogP contribution is -2.67. The minimum absolute atomic E-state index is 0.301. The second kappa shape index (κ2) is 1.79. The van der Waals surface area contributed by atoms with Gasteiger partial charge in [0.15, 0.2) is 0 Å². The maximum atomic E-state index is 12.9. The summed E-state index contributed by atoms with van der Waals surface area (Å²) in [6, 6.07) is 0. The average Bonchev–Trinajstić information content (AvgIpc) is 2.60. The van der Waals surface area contributed by atoms with Gasteiger partial charge in [0.2, 0.25) is 0 Å². The predicted molar refractivity (Wildman–Crippen MR) is 37.6 cm³/mol. The number of allylic oxidation sites excluding steroid dienone is 2. The summed E-state index contributed by atoms with van der Waals surface area (Å²) < 4.78 is 51.8. The molecule has 3 aliphatic rings. The van der Waals surface area contributed by atoms with Crippen molar-refractivity contribution >= 4 is 0 Å². The van der Waals surface area contributed by atoms with Gasteiger partial charge in [-0.15, -0.1) is 0 Å². The van der Waals surface area contributed by atoms with Crippen molar-refractivity contribution in [2.45, 2.75) is 18.3 Å². The van der Waals surface area contributed by atoms with Crippen LogP contribution in [-0.2, 0) is 0 Å². The highest BCUT2D eigenvalue weighted by molar-refractivity contribution is 5.27. The molecular weight excluding hydrogens is 184 g/mol. The van der Waals surface area contributed by atoms with E-state index in [4.69, 9.17) is 0 Å². The van der Waals surface area contributed by atoms with E-state index >= 15 is 0 Å². The molecule has 0 nitrogen and oxygen atoms in total. The lowest BCUT2D eigenvalue weighted by molar-refractivity contribution is -0.355. The average molecular weight is 192 g/mol. The molecule has 0 aromatic heterocycles. The van der Waals surface area contributed by atoms with E-state index in [-0.39, 0.29) is 11.8 Å². The van der Waals surface area contributed by atoms with E-state index in [0.29, 0.717) is 6.42 Å². The van der Waals surface area contributed by atoms with Crippen LogP contribution >= 0.6 is 0 Å². The van der Waals surface area contributed by atoms with Gasteiger partial charge in [0.25, 0.3) is 0 Å². The van der Waals surface area contributed by atoms with Gasteiger partial charge in [-0.2, -0.15) is 17.6 Å². The smallest absolute Gasteiger partial charge is 0.200 e. The number of fused-ring (bicyclic) bond motifs is 5. The summed E-state index contributed by atoms with van der Waals surface area (Å²) in [5.41, 5.74) is 0. The summed E-state index contributed by atoms with van der Waals surface area (Å²) in [6.07, 6.45) is 3.85. The Bertz CT molecular complexity index is 266. The number of halogens is 4. The molecule has 0 aliphatic heterocycles. The SMILES string of the molecule is FC1(F)[C@@H]2[C@@H]([C@@H]3C=C[C@H]2C3)C1(F)F. The second-order valence-corrected chi connectivity index (χ2v) is 4.25. The van der Waals surface area contributed by atoms with Crippen molar-refractivity contribution in [2.24, 2.45) is 23.7 Å². The normalized spacial score (nSPS) is 53.2. The fraction of sp³-hybridized carbons (Fsp3) is 0.778. The van der Waals surface area contributed by atoms with Crippen LogP contribution < -0.4 is 0 Å². The molecule has 2 saturated carbocycles. The van der Waals surface area contributed by atoms with Crippen LogP contribution in [0.15, 0.2) is 12.2 Å². The summed E-state index contributed by atoms with van der Waals surface area (Å²) in [5, 5.41) is 0. The molecule has 0 aromatic rings. The highest BCUT2D eigenvalue weighted by atomic mass is 19.3. The Labute approximate surface area is 72.6 Å². The third-order valence-electron chi connectivity index (χ3n) is 3.74. The van der Waals surface area contributed by atoms with Gasteiger partial charge in [0.1, 0.15) is 0 Å². The van der Waals surface area contributed by atoms with Crippen molar-refractivity contribution in [1.82, 2.24) is 0 Å². The van der Waals surface area contributed by atoms with Crippen molar-refractivity contribution in [3.63, 3.8) is 0 Å². The molecule has 0 spiro atoms. The van der Waals surface area contributed by atoms with Crippen molar-refractivity contribution in [1.29, 1.82) is 0 Å². The Morgan fingerprint density at radius 2 is 1.23 bits per heavy atom. The molecule has 0 N–H and O–H groups in total. The van der Waals surface area contributed by atoms with Crippen molar-refractivity contribution in [3.05, 3.63) is 12.2 Å². The van der Waals surface area contributed by atoms with E-state index in [1.165, 1.54) is 0 Å². The van der Waals surface area contributed by atoms with E-state index in [1.54, 1.807) is 12.2 Å². The van der Waals surface area contributed by atoms with Crippen LogP contribution in [0.4, 0.5) is 17.6 Å². The van der Waals surface area contributed by atoms with Gasteiger partial charge in [-0.3, -0.25) is 0 Å². The molecule has 0 unspecified atom stereocenters. The third kappa shape index (κ3) is 0.597. The maximum Gasteiger partial charge on any atom is 0.314 e. The zero-order valence-electron chi connectivity index (χ0n) is 6.68. The molecule has 2 fully saturated rings. The van der Waals surface area contributed by atoms with Crippen LogP contribution in [0.25, 0.3) is 0 Å². The van der Waals surface area contributed by atoms with Gasteiger partial charge in [-0.05, 0) is 18.3 Å². The Morgan fingerprint density at radius 3 is 1.62 bits per heavy atom. The lowest BCUT2D eigenvalue weighted by Gasteiger charge is -2.51. The Kier molecular flexibility index (Phi) is 1.08. The van der Waals surface area contributed by atoms with Crippen molar-refractivity contribution in [3.8, 4) is 0 Å². The van der Waals surface area contributed by atoms with Crippen LogP contribution in [0.5, 0.6) is 0 Å². The van der Waals surface area contributed by atoms with Crippen LogP contribution in [0.2, 0.25) is 0 Å². The number of alkyl halides is 4. The fourth-order valence-electron chi connectivity index (χ4n) is 3.16. The quantitative estimate of drug-likeness (QED) is 0.409. The number of hydrogen-bond donors (Lipinski definition) is 0. The summed E-state index contributed by atoms with van der Waals surface area (Å²) in [4.78, 5) is 0. The molecule has 4 heteroatoms. The number of rotatable bonds is 0. The number of hydrogen-bond acceptors (Lipinski definition) is 0. The minimum Gasteiger partial charge on any atom is -0.200 e. The van der Waals surface area contributed by atoms with Gasteiger partial charge in [0, 0.05) is 11.8 Å². The molecule has 0 amide bonds. The van der Waals surface area contributed by atoms with E-state index in [1.807, 2.05) is 0 Å². The molecule has 13 heavy (non-hydrogen) atoms. The molecule has 0 aromatic carbocycles. The first-order valence-corrected chi connectivity index (χ1v) is 4.40. The molecule has 72 valence electrons. The van der Waals surface area contributed by atoms with Crippen LogP contribution in [0.1, 0.15) is 6.42 Å². The third-order valence-corrected chi connectivity index (χ3v) is 3.74. The topological polar surface area (TPSA) is 0 Å².